The normalized spacial score (nSPS) is 31.0. The van der Waals surface area contributed by atoms with Crippen LogP contribution in [0.5, 0.6) is 0 Å². The molecule has 8 heteroatoms. The van der Waals surface area contributed by atoms with E-state index in [0.717, 1.165) is 6.42 Å². The Morgan fingerprint density at radius 3 is 2.90 bits per heavy atom. The standard InChI is InChI=1S/C12H22N2O5S/c1-18-6-4-13-12(15)10-7-9-3-5-14(20(2,16)17)8-11(9)19-10/h9-11H,3-8H2,1-2H3,(H,13,15)/t9-,10-,11-/m1/s1. The van der Waals surface area contributed by atoms with Crippen LogP contribution in [0.1, 0.15) is 12.8 Å². The Kier molecular flexibility index (Phi) is 5.00. The van der Waals surface area contributed by atoms with Crippen LogP contribution in [-0.2, 0) is 24.3 Å². The quantitative estimate of drug-likeness (QED) is 0.671. The molecule has 2 rings (SSSR count). The molecule has 0 unspecified atom stereocenters. The van der Waals surface area contributed by atoms with Gasteiger partial charge >= 0.3 is 0 Å². The number of methoxy groups -OCH3 is 1. The maximum absolute atomic E-state index is 11.9. The zero-order valence-electron chi connectivity index (χ0n) is 11.9. The summed E-state index contributed by atoms with van der Waals surface area (Å²) in [7, 11) is -1.61. The average molecular weight is 306 g/mol. The minimum Gasteiger partial charge on any atom is -0.383 e. The largest absolute Gasteiger partial charge is 0.383 e. The van der Waals surface area contributed by atoms with Crippen LogP contribution in [0.3, 0.4) is 0 Å². The van der Waals surface area contributed by atoms with Gasteiger partial charge in [0.15, 0.2) is 0 Å². The van der Waals surface area contributed by atoms with E-state index in [4.69, 9.17) is 9.47 Å². The van der Waals surface area contributed by atoms with Crippen molar-refractivity contribution in [3.8, 4) is 0 Å². The molecule has 2 aliphatic rings. The van der Waals surface area contributed by atoms with Crippen molar-refractivity contribution in [3.05, 3.63) is 0 Å². The van der Waals surface area contributed by atoms with Gasteiger partial charge in [0.2, 0.25) is 15.9 Å². The number of rotatable bonds is 5. The minimum atomic E-state index is -3.18. The molecular formula is C12H22N2O5S. The fourth-order valence-corrected chi connectivity index (χ4v) is 3.62. The monoisotopic (exact) mass is 306 g/mol. The van der Waals surface area contributed by atoms with E-state index in [-0.39, 0.29) is 17.9 Å². The van der Waals surface area contributed by atoms with Crippen molar-refractivity contribution in [2.45, 2.75) is 25.0 Å². The molecule has 2 saturated heterocycles. The van der Waals surface area contributed by atoms with Gasteiger partial charge in [-0.25, -0.2) is 8.42 Å². The number of hydrogen-bond donors (Lipinski definition) is 1. The molecule has 0 bridgehead atoms. The number of piperidine rings is 1. The van der Waals surface area contributed by atoms with Crippen molar-refractivity contribution in [2.24, 2.45) is 5.92 Å². The molecule has 2 aliphatic heterocycles. The average Bonchev–Trinajstić information content (AvgIpc) is 2.80. The first-order valence-electron chi connectivity index (χ1n) is 6.79. The zero-order chi connectivity index (χ0) is 14.8. The predicted octanol–water partition coefficient (Wildman–Crippen LogP) is -0.812. The van der Waals surface area contributed by atoms with Crippen LogP contribution in [0.2, 0.25) is 0 Å². The molecule has 0 aromatic rings. The van der Waals surface area contributed by atoms with Crippen LogP contribution in [0, 0.1) is 5.92 Å². The summed E-state index contributed by atoms with van der Waals surface area (Å²) in [6.07, 6.45) is 1.98. The molecule has 0 aromatic carbocycles. The summed E-state index contributed by atoms with van der Waals surface area (Å²) in [5.41, 5.74) is 0. The number of nitrogens with zero attached hydrogens (tertiary/aromatic N) is 1. The van der Waals surface area contributed by atoms with Gasteiger partial charge < -0.3 is 14.8 Å². The molecule has 0 spiro atoms. The first-order valence-corrected chi connectivity index (χ1v) is 8.64. The van der Waals surface area contributed by atoms with Gasteiger partial charge in [0, 0.05) is 26.7 Å². The van der Waals surface area contributed by atoms with E-state index < -0.39 is 16.1 Å². The smallest absolute Gasteiger partial charge is 0.249 e. The molecule has 3 atom stereocenters. The summed E-state index contributed by atoms with van der Waals surface area (Å²) in [6, 6.07) is 0. The van der Waals surface area contributed by atoms with Gasteiger partial charge in [-0.05, 0) is 18.8 Å². The third kappa shape index (κ3) is 3.69. The van der Waals surface area contributed by atoms with E-state index in [1.807, 2.05) is 0 Å². The van der Waals surface area contributed by atoms with Crippen LogP contribution in [-0.4, -0.2) is 70.4 Å². The predicted molar refractivity (Wildman–Crippen MR) is 72.7 cm³/mol. The van der Waals surface area contributed by atoms with Crippen molar-refractivity contribution in [1.82, 2.24) is 9.62 Å². The summed E-state index contributed by atoms with van der Waals surface area (Å²) in [5.74, 6) is 0.133. The molecule has 2 heterocycles. The zero-order valence-corrected chi connectivity index (χ0v) is 12.7. The molecule has 7 nitrogen and oxygen atoms in total. The number of carbonyl (C=O) groups is 1. The van der Waals surface area contributed by atoms with Crippen LogP contribution in [0.4, 0.5) is 0 Å². The summed E-state index contributed by atoms with van der Waals surface area (Å²) < 4.78 is 35.1. The van der Waals surface area contributed by atoms with Crippen molar-refractivity contribution in [3.63, 3.8) is 0 Å². The van der Waals surface area contributed by atoms with Gasteiger partial charge in [0.25, 0.3) is 0 Å². The molecule has 0 saturated carbocycles. The Morgan fingerprint density at radius 2 is 2.25 bits per heavy atom. The van der Waals surface area contributed by atoms with Gasteiger partial charge in [0.05, 0.1) is 19.0 Å². The number of nitrogens with one attached hydrogen (secondary N) is 1. The second kappa shape index (κ2) is 6.38. The lowest BCUT2D eigenvalue weighted by atomic mass is 9.93. The van der Waals surface area contributed by atoms with Crippen molar-refractivity contribution < 1.29 is 22.7 Å². The number of ether oxygens (including phenoxy) is 2. The number of amides is 1. The molecule has 0 aromatic heterocycles. The number of fused-ring (bicyclic) bond motifs is 1. The highest BCUT2D eigenvalue weighted by Gasteiger charge is 2.43. The number of hydrogen-bond acceptors (Lipinski definition) is 5. The van der Waals surface area contributed by atoms with E-state index in [9.17, 15) is 13.2 Å². The van der Waals surface area contributed by atoms with Crippen molar-refractivity contribution >= 4 is 15.9 Å². The van der Waals surface area contributed by atoms with E-state index in [2.05, 4.69) is 5.32 Å². The first-order chi connectivity index (χ1) is 9.41. The van der Waals surface area contributed by atoms with Gasteiger partial charge in [-0.1, -0.05) is 0 Å². The second-order valence-corrected chi connectivity index (χ2v) is 7.33. The summed E-state index contributed by atoms with van der Waals surface area (Å²) in [6.45, 7) is 1.79. The second-order valence-electron chi connectivity index (χ2n) is 5.35. The van der Waals surface area contributed by atoms with E-state index in [0.29, 0.717) is 32.7 Å². The molecule has 1 N–H and O–H groups in total. The third-order valence-corrected chi connectivity index (χ3v) is 5.15. The minimum absolute atomic E-state index is 0.137. The molecule has 20 heavy (non-hydrogen) atoms. The van der Waals surface area contributed by atoms with Crippen molar-refractivity contribution in [1.29, 1.82) is 0 Å². The SMILES string of the molecule is COCCNC(=O)[C@H]1C[C@H]2CCN(S(C)(=O)=O)C[C@H]2O1. The Balaban J connectivity index is 1.87. The Bertz CT molecular complexity index is 453. The van der Waals surface area contributed by atoms with Gasteiger partial charge in [-0.3, -0.25) is 4.79 Å². The van der Waals surface area contributed by atoms with E-state index >= 15 is 0 Å². The summed E-state index contributed by atoms with van der Waals surface area (Å²) in [4.78, 5) is 11.9. The van der Waals surface area contributed by atoms with Gasteiger partial charge in [0.1, 0.15) is 6.10 Å². The molecule has 2 fully saturated rings. The topological polar surface area (TPSA) is 84.9 Å². The lowest BCUT2D eigenvalue weighted by molar-refractivity contribution is -0.132. The highest BCUT2D eigenvalue weighted by atomic mass is 32.2. The molecular weight excluding hydrogens is 284 g/mol. The lowest BCUT2D eigenvalue weighted by Crippen LogP contribution is -2.45. The third-order valence-electron chi connectivity index (χ3n) is 3.88. The Hall–Kier alpha value is -0.700. The van der Waals surface area contributed by atoms with Gasteiger partial charge in [-0.2, -0.15) is 4.31 Å². The summed E-state index contributed by atoms with van der Waals surface area (Å²) >= 11 is 0. The van der Waals surface area contributed by atoms with Crippen molar-refractivity contribution in [2.75, 3.05) is 39.6 Å². The molecule has 116 valence electrons. The van der Waals surface area contributed by atoms with Crippen LogP contribution in [0.25, 0.3) is 0 Å². The maximum atomic E-state index is 11.9. The number of carbonyl (C=O) groups excluding carboxylic acids is 1. The molecule has 1 amide bonds. The first kappa shape index (κ1) is 15.7. The van der Waals surface area contributed by atoms with Crippen LogP contribution in [0.15, 0.2) is 0 Å². The highest BCUT2D eigenvalue weighted by molar-refractivity contribution is 7.88. The Morgan fingerprint density at radius 1 is 1.50 bits per heavy atom. The fraction of sp³-hybridized carbons (Fsp3) is 0.917. The lowest BCUT2D eigenvalue weighted by Gasteiger charge is -2.32. The van der Waals surface area contributed by atoms with Crippen LogP contribution >= 0.6 is 0 Å². The van der Waals surface area contributed by atoms with E-state index in [1.54, 1.807) is 7.11 Å². The van der Waals surface area contributed by atoms with Crippen LogP contribution < -0.4 is 5.32 Å². The summed E-state index contributed by atoms with van der Waals surface area (Å²) in [5, 5.41) is 2.76. The maximum Gasteiger partial charge on any atom is 0.249 e. The highest BCUT2D eigenvalue weighted by Crippen LogP contribution is 2.33. The van der Waals surface area contributed by atoms with E-state index in [1.165, 1.54) is 10.6 Å². The molecule has 0 radical (unpaired) electrons. The Labute approximate surface area is 119 Å². The number of sulfonamides is 1. The molecule has 0 aliphatic carbocycles. The fourth-order valence-electron chi connectivity index (χ4n) is 2.76. The van der Waals surface area contributed by atoms with Gasteiger partial charge in [-0.15, -0.1) is 0 Å².